The third kappa shape index (κ3) is 8.06. The summed E-state index contributed by atoms with van der Waals surface area (Å²) >= 11 is 7.36. The van der Waals surface area contributed by atoms with Gasteiger partial charge in [0, 0.05) is 29.9 Å². The average Bonchev–Trinajstić information content (AvgIpc) is 2.46. The maximum absolute atomic E-state index is 12.4. The largest absolute Gasteiger partial charge is 0.460 e. The summed E-state index contributed by atoms with van der Waals surface area (Å²) < 4.78 is 5.26. The molecule has 0 aliphatic carbocycles. The van der Waals surface area contributed by atoms with Crippen LogP contribution in [0.4, 0.5) is 0 Å². The van der Waals surface area contributed by atoms with Gasteiger partial charge < -0.3 is 9.64 Å². The standard InChI is InChI=1S/C18H26ClNO3S/c1-13(24-15-10-8-14(19)9-11-15)17(22)20(5)12-6-7-16(21)23-18(2,3)4/h8-11,13H,6-7,12H2,1-5H3. The fourth-order valence-electron chi connectivity index (χ4n) is 2.04. The van der Waals surface area contributed by atoms with Crippen LogP contribution in [0.3, 0.4) is 0 Å². The summed E-state index contributed by atoms with van der Waals surface area (Å²) in [6.07, 6.45) is 0.906. The van der Waals surface area contributed by atoms with Gasteiger partial charge in [0.15, 0.2) is 0 Å². The van der Waals surface area contributed by atoms with Gasteiger partial charge >= 0.3 is 5.97 Å². The number of esters is 1. The quantitative estimate of drug-likeness (QED) is 0.526. The summed E-state index contributed by atoms with van der Waals surface area (Å²) in [4.78, 5) is 26.7. The van der Waals surface area contributed by atoms with Crippen molar-refractivity contribution in [1.82, 2.24) is 4.90 Å². The first-order valence-corrected chi connectivity index (χ1v) is 9.23. The highest BCUT2D eigenvalue weighted by atomic mass is 35.5. The Hall–Kier alpha value is -1.20. The SMILES string of the molecule is CC(Sc1ccc(Cl)cc1)C(=O)N(C)CCCC(=O)OC(C)(C)C. The predicted octanol–water partition coefficient (Wildman–Crippen LogP) is 4.40. The fourth-order valence-corrected chi connectivity index (χ4v) is 3.15. The number of ether oxygens (including phenoxy) is 1. The second kappa shape index (κ2) is 9.33. The van der Waals surface area contributed by atoms with Crippen molar-refractivity contribution < 1.29 is 14.3 Å². The van der Waals surface area contributed by atoms with Gasteiger partial charge in [0.2, 0.25) is 5.91 Å². The summed E-state index contributed by atoms with van der Waals surface area (Å²) in [5, 5.41) is 0.482. The van der Waals surface area contributed by atoms with Crippen LogP contribution in [-0.4, -0.2) is 41.2 Å². The second-order valence-corrected chi connectivity index (χ2v) is 8.51. The zero-order chi connectivity index (χ0) is 18.3. The molecule has 24 heavy (non-hydrogen) atoms. The summed E-state index contributed by atoms with van der Waals surface area (Å²) in [5.74, 6) is -0.189. The minimum Gasteiger partial charge on any atom is -0.460 e. The molecule has 0 heterocycles. The van der Waals surface area contributed by atoms with E-state index in [1.54, 1.807) is 11.9 Å². The van der Waals surface area contributed by atoms with Crippen molar-refractivity contribution in [2.24, 2.45) is 0 Å². The minimum absolute atomic E-state index is 0.0409. The zero-order valence-electron chi connectivity index (χ0n) is 15.0. The van der Waals surface area contributed by atoms with Crippen molar-refractivity contribution in [2.75, 3.05) is 13.6 Å². The molecule has 1 unspecified atom stereocenters. The highest BCUT2D eigenvalue weighted by Crippen LogP contribution is 2.25. The monoisotopic (exact) mass is 371 g/mol. The Balaban J connectivity index is 2.38. The van der Waals surface area contributed by atoms with E-state index in [2.05, 4.69) is 0 Å². The van der Waals surface area contributed by atoms with Crippen LogP contribution >= 0.6 is 23.4 Å². The van der Waals surface area contributed by atoms with Crippen molar-refractivity contribution in [3.63, 3.8) is 0 Å². The number of nitrogens with zero attached hydrogens (tertiary/aromatic N) is 1. The van der Waals surface area contributed by atoms with E-state index in [0.717, 1.165) is 4.90 Å². The number of halogens is 1. The molecule has 0 N–H and O–H groups in total. The number of carbonyl (C=O) groups is 2. The molecule has 1 rings (SSSR count). The third-order valence-electron chi connectivity index (χ3n) is 3.14. The Labute approximate surface area is 153 Å². The fraction of sp³-hybridized carbons (Fsp3) is 0.556. The normalized spacial score (nSPS) is 12.6. The molecule has 0 aliphatic rings. The van der Waals surface area contributed by atoms with Crippen LogP contribution in [0.2, 0.25) is 5.02 Å². The van der Waals surface area contributed by atoms with E-state index in [-0.39, 0.29) is 17.1 Å². The van der Waals surface area contributed by atoms with Crippen LogP contribution in [0.25, 0.3) is 0 Å². The van der Waals surface area contributed by atoms with E-state index in [9.17, 15) is 9.59 Å². The van der Waals surface area contributed by atoms with Crippen LogP contribution in [0.5, 0.6) is 0 Å². The topological polar surface area (TPSA) is 46.6 Å². The molecule has 1 aromatic carbocycles. The molecular formula is C18H26ClNO3S. The van der Waals surface area contributed by atoms with Crippen molar-refractivity contribution in [3.8, 4) is 0 Å². The van der Waals surface area contributed by atoms with Gasteiger partial charge in [-0.1, -0.05) is 11.6 Å². The Morgan fingerprint density at radius 1 is 1.25 bits per heavy atom. The molecule has 0 fully saturated rings. The van der Waals surface area contributed by atoms with Crippen molar-refractivity contribution >= 4 is 35.2 Å². The van der Waals surface area contributed by atoms with Crippen LogP contribution < -0.4 is 0 Å². The summed E-state index contributed by atoms with van der Waals surface area (Å²) in [5.41, 5.74) is -0.470. The highest BCUT2D eigenvalue weighted by molar-refractivity contribution is 8.00. The van der Waals surface area contributed by atoms with E-state index >= 15 is 0 Å². The zero-order valence-corrected chi connectivity index (χ0v) is 16.5. The van der Waals surface area contributed by atoms with Crippen molar-refractivity contribution in [3.05, 3.63) is 29.3 Å². The number of benzene rings is 1. The summed E-state index contributed by atoms with van der Waals surface area (Å²) in [7, 11) is 1.76. The molecule has 6 heteroatoms. The molecule has 0 saturated carbocycles. The highest BCUT2D eigenvalue weighted by Gasteiger charge is 2.20. The predicted molar refractivity (Wildman–Crippen MR) is 99.5 cm³/mol. The number of rotatable bonds is 7. The molecule has 1 aromatic rings. The van der Waals surface area contributed by atoms with Gasteiger partial charge in [-0.2, -0.15) is 0 Å². The molecule has 0 saturated heterocycles. The van der Waals surface area contributed by atoms with Gasteiger partial charge in [0.1, 0.15) is 5.60 Å². The van der Waals surface area contributed by atoms with Gasteiger partial charge in [0.25, 0.3) is 0 Å². The lowest BCUT2D eigenvalue weighted by atomic mass is 10.2. The Bertz CT molecular complexity index is 554. The molecule has 0 spiro atoms. The molecule has 1 amide bonds. The van der Waals surface area contributed by atoms with Gasteiger partial charge in [-0.25, -0.2) is 0 Å². The van der Waals surface area contributed by atoms with Crippen molar-refractivity contribution in [2.45, 2.75) is 56.3 Å². The molecule has 0 aliphatic heterocycles. The molecule has 0 radical (unpaired) electrons. The van der Waals surface area contributed by atoms with Crippen LogP contribution in [0.15, 0.2) is 29.2 Å². The van der Waals surface area contributed by atoms with E-state index < -0.39 is 5.60 Å². The molecule has 1 atom stereocenters. The lowest BCUT2D eigenvalue weighted by Gasteiger charge is -2.22. The first-order chi connectivity index (χ1) is 11.1. The van der Waals surface area contributed by atoms with Crippen LogP contribution in [0, 0.1) is 0 Å². The van der Waals surface area contributed by atoms with Gasteiger partial charge in [-0.15, -0.1) is 11.8 Å². The molecule has 134 valence electrons. The average molecular weight is 372 g/mol. The number of hydrogen-bond acceptors (Lipinski definition) is 4. The second-order valence-electron chi connectivity index (χ2n) is 6.66. The number of amides is 1. The van der Waals surface area contributed by atoms with E-state index in [0.29, 0.717) is 24.4 Å². The molecule has 0 bridgehead atoms. The Kier molecular flexibility index (Phi) is 8.10. The van der Waals surface area contributed by atoms with Gasteiger partial charge in [-0.3, -0.25) is 9.59 Å². The van der Waals surface area contributed by atoms with Gasteiger partial charge in [0.05, 0.1) is 5.25 Å². The summed E-state index contributed by atoms with van der Waals surface area (Å²) in [6, 6.07) is 7.43. The molecule has 4 nitrogen and oxygen atoms in total. The third-order valence-corrected chi connectivity index (χ3v) is 4.50. The van der Waals surface area contributed by atoms with E-state index in [1.807, 2.05) is 52.0 Å². The number of hydrogen-bond donors (Lipinski definition) is 0. The Morgan fingerprint density at radius 2 is 1.83 bits per heavy atom. The van der Waals surface area contributed by atoms with Crippen molar-refractivity contribution in [1.29, 1.82) is 0 Å². The maximum Gasteiger partial charge on any atom is 0.306 e. The lowest BCUT2D eigenvalue weighted by molar-refractivity contribution is -0.155. The van der Waals surface area contributed by atoms with E-state index in [4.69, 9.17) is 16.3 Å². The van der Waals surface area contributed by atoms with E-state index in [1.165, 1.54) is 11.8 Å². The van der Waals surface area contributed by atoms with Crippen LogP contribution in [0.1, 0.15) is 40.5 Å². The first-order valence-electron chi connectivity index (χ1n) is 7.97. The Morgan fingerprint density at radius 3 is 2.38 bits per heavy atom. The molecular weight excluding hydrogens is 346 g/mol. The van der Waals surface area contributed by atoms with Crippen LogP contribution in [-0.2, 0) is 14.3 Å². The van der Waals surface area contributed by atoms with Gasteiger partial charge in [-0.05, 0) is 58.4 Å². The lowest BCUT2D eigenvalue weighted by Crippen LogP contribution is -2.34. The molecule has 0 aromatic heterocycles. The summed E-state index contributed by atoms with van der Waals surface area (Å²) in [6.45, 7) is 7.94. The minimum atomic E-state index is -0.470. The number of thioether (sulfide) groups is 1. The first kappa shape index (κ1) is 20.8. The maximum atomic E-state index is 12.4. The smallest absolute Gasteiger partial charge is 0.306 e. The number of carbonyl (C=O) groups excluding carboxylic acids is 2.